The summed E-state index contributed by atoms with van der Waals surface area (Å²) in [5, 5.41) is 13.2. The molecule has 1 amide bonds. The Hall–Kier alpha value is -2.61. The van der Waals surface area contributed by atoms with Crippen molar-refractivity contribution in [2.24, 2.45) is 5.41 Å². The number of benzene rings is 1. The van der Waals surface area contributed by atoms with Crippen LogP contribution < -0.4 is 0 Å². The number of hydrogen-bond donors (Lipinski definition) is 0. The van der Waals surface area contributed by atoms with Gasteiger partial charge in [0.15, 0.2) is 5.76 Å². The van der Waals surface area contributed by atoms with Gasteiger partial charge in [-0.05, 0) is 25.3 Å². The van der Waals surface area contributed by atoms with Crippen LogP contribution >= 0.6 is 0 Å². The molecule has 2 aliphatic rings. The average molecular weight is 349 g/mol. The number of likely N-dealkylation sites (tertiary alicyclic amines) is 1. The van der Waals surface area contributed by atoms with Gasteiger partial charge in [-0.2, -0.15) is 5.26 Å². The highest BCUT2D eigenvalue weighted by Gasteiger charge is 2.54. The number of carbonyl (C=O) groups is 1. The fourth-order valence-corrected chi connectivity index (χ4v) is 4.75. The standard InChI is InChI=1S/C21H23N3O2/c1-15-17(13-22)18(23-26-15)12-19(25)24-14-21(10-6-3-7-11-21)20(24)16-8-4-2-5-9-16/h2,4-5,8-9,20H,3,6-7,10-12,14H2,1H3/t20-/m0/s1. The number of carbonyl (C=O) groups excluding carboxylic acids is 1. The number of aromatic nitrogens is 1. The molecule has 1 aliphatic carbocycles. The van der Waals surface area contributed by atoms with Gasteiger partial charge in [0.05, 0.1) is 12.5 Å². The van der Waals surface area contributed by atoms with Crippen molar-refractivity contribution in [2.45, 2.75) is 51.5 Å². The smallest absolute Gasteiger partial charge is 0.229 e. The van der Waals surface area contributed by atoms with Crippen molar-refractivity contribution in [1.82, 2.24) is 10.1 Å². The van der Waals surface area contributed by atoms with Crippen molar-refractivity contribution < 1.29 is 9.32 Å². The molecule has 0 N–H and O–H groups in total. The molecule has 1 aromatic heterocycles. The molecule has 5 heteroatoms. The van der Waals surface area contributed by atoms with Gasteiger partial charge < -0.3 is 9.42 Å². The molecule has 1 aliphatic heterocycles. The number of nitrogens with zero attached hydrogens (tertiary/aromatic N) is 3. The third kappa shape index (κ3) is 2.70. The summed E-state index contributed by atoms with van der Waals surface area (Å²) >= 11 is 0. The Morgan fingerprint density at radius 3 is 2.73 bits per heavy atom. The van der Waals surface area contributed by atoms with Crippen molar-refractivity contribution >= 4 is 5.91 Å². The zero-order valence-corrected chi connectivity index (χ0v) is 15.1. The molecular formula is C21H23N3O2. The molecule has 1 saturated carbocycles. The first-order valence-electron chi connectivity index (χ1n) is 9.34. The highest BCUT2D eigenvalue weighted by Crippen LogP contribution is 2.56. The first-order chi connectivity index (χ1) is 12.6. The summed E-state index contributed by atoms with van der Waals surface area (Å²) in [5.41, 5.74) is 2.27. The van der Waals surface area contributed by atoms with E-state index < -0.39 is 0 Å². The third-order valence-electron chi connectivity index (χ3n) is 6.03. The topological polar surface area (TPSA) is 70.1 Å². The average Bonchev–Trinajstić information content (AvgIpc) is 3.00. The fourth-order valence-electron chi connectivity index (χ4n) is 4.75. The van der Waals surface area contributed by atoms with E-state index >= 15 is 0 Å². The van der Waals surface area contributed by atoms with E-state index in [0.717, 1.165) is 6.54 Å². The molecule has 0 unspecified atom stereocenters. The van der Waals surface area contributed by atoms with Crippen LogP contribution in [0.5, 0.6) is 0 Å². The molecular weight excluding hydrogens is 326 g/mol. The summed E-state index contributed by atoms with van der Waals surface area (Å²) < 4.78 is 5.10. The number of rotatable bonds is 3. The van der Waals surface area contributed by atoms with Crippen molar-refractivity contribution in [3.05, 3.63) is 52.9 Å². The molecule has 0 bridgehead atoms. The van der Waals surface area contributed by atoms with Crippen LogP contribution in [0.4, 0.5) is 0 Å². The summed E-state index contributed by atoms with van der Waals surface area (Å²) in [6.07, 6.45) is 6.27. The number of aryl methyl sites for hydroxylation is 1. The van der Waals surface area contributed by atoms with E-state index in [4.69, 9.17) is 4.52 Å². The highest BCUT2D eigenvalue weighted by molar-refractivity contribution is 5.80. The molecule has 2 fully saturated rings. The lowest BCUT2D eigenvalue weighted by molar-refractivity contribution is -0.160. The third-order valence-corrected chi connectivity index (χ3v) is 6.03. The Balaban J connectivity index is 1.59. The Morgan fingerprint density at radius 2 is 2.04 bits per heavy atom. The van der Waals surface area contributed by atoms with E-state index in [-0.39, 0.29) is 23.8 Å². The molecule has 1 spiro atoms. The minimum atomic E-state index is 0.0276. The van der Waals surface area contributed by atoms with Crippen LogP contribution in [0.1, 0.15) is 60.7 Å². The summed E-state index contributed by atoms with van der Waals surface area (Å²) in [4.78, 5) is 15.0. The maximum atomic E-state index is 13.0. The quantitative estimate of drug-likeness (QED) is 0.842. The summed E-state index contributed by atoms with van der Waals surface area (Å²) in [6.45, 7) is 2.51. The van der Waals surface area contributed by atoms with Gasteiger partial charge in [-0.1, -0.05) is 54.8 Å². The molecule has 0 radical (unpaired) electrons. The second-order valence-corrected chi connectivity index (χ2v) is 7.61. The molecule has 134 valence electrons. The largest absolute Gasteiger partial charge is 0.360 e. The van der Waals surface area contributed by atoms with Gasteiger partial charge in [-0.15, -0.1) is 0 Å². The second kappa shape index (κ2) is 6.60. The maximum Gasteiger partial charge on any atom is 0.229 e. The molecule has 2 heterocycles. The normalized spacial score (nSPS) is 21.2. The fraction of sp³-hybridized carbons (Fsp3) is 0.476. The van der Waals surface area contributed by atoms with Gasteiger partial charge in [0.2, 0.25) is 5.91 Å². The lowest BCUT2D eigenvalue weighted by Gasteiger charge is -2.59. The Morgan fingerprint density at radius 1 is 1.31 bits per heavy atom. The lowest BCUT2D eigenvalue weighted by Crippen LogP contribution is -2.61. The molecule has 4 rings (SSSR count). The SMILES string of the molecule is Cc1onc(CC(=O)N2CC3(CCCCC3)[C@@H]2c2ccccc2)c1C#N. The van der Waals surface area contributed by atoms with Crippen LogP contribution in [-0.4, -0.2) is 22.5 Å². The zero-order valence-electron chi connectivity index (χ0n) is 15.1. The molecule has 5 nitrogen and oxygen atoms in total. The van der Waals surface area contributed by atoms with Gasteiger partial charge in [-0.25, -0.2) is 0 Å². The van der Waals surface area contributed by atoms with Gasteiger partial charge >= 0.3 is 0 Å². The molecule has 1 atom stereocenters. The first kappa shape index (κ1) is 16.8. The predicted octanol–water partition coefficient (Wildman–Crippen LogP) is 3.93. The van der Waals surface area contributed by atoms with Crippen LogP contribution in [0.2, 0.25) is 0 Å². The predicted molar refractivity (Wildman–Crippen MR) is 96.1 cm³/mol. The van der Waals surface area contributed by atoms with Crippen LogP contribution in [0.3, 0.4) is 0 Å². The van der Waals surface area contributed by atoms with Crippen LogP contribution in [0, 0.1) is 23.7 Å². The van der Waals surface area contributed by atoms with Crippen LogP contribution in [0.15, 0.2) is 34.9 Å². The summed E-state index contributed by atoms with van der Waals surface area (Å²) in [7, 11) is 0. The van der Waals surface area contributed by atoms with E-state index in [9.17, 15) is 10.1 Å². The van der Waals surface area contributed by atoms with Gasteiger partial charge in [-0.3, -0.25) is 4.79 Å². The summed E-state index contributed by atoms with van der Waals surface area (Å²) in [5.74, 6) is 0.502. The van der Waals surface area contributed by atoms with Crippen LogP contribution in [-0.2, 0) is 11.2 Å². The van der Waals surface area contributed by atoms with Crippen molar-refractivity contribution in [3.63, 3.8) is 0 Å². The minimum Gasteiger partial charge on any atom is -0.360 e. The van der Waals surface area contributed by atoms with Crippen molar-refractivity contribution in [3.8, 4) is 6.07 Å². The summed E-state index contributed by atoms with van der Waals surface area (Å²) in [6, 6.07) is 12.6. The molecule has 2 aromatic rings. The first-order valence-corrected chi connectivity index (χ1v) is 9.34. The van der Waals surface area contributed by atoms with E-state index in [2.05, 4.69) is 23.4 Å². The Kier molecular flexibility index (Phi) is 4.28. The van der Waals surface area contributed by atoms with Gasteiger partial charge in [0, 0.05) is 12.0 Å². The lowest BCUT2D eigenvalue weighted by atomic mass is 9.61. The number of hydrogen-bond acceptors (Lipinski definition) is 4. The van der Waals surface area contributed by atoms with E-state index in [0.29, 0.717) is 17.0 Å². The molecule has 1 saturated heterocycles. The zero-order chi connectivity index (χ0) is 18.1. The maximum absolute atomic E-state index is 13.0. The van der Waals surface area contributed by atoms with Gasteiger partial charge in [0.25, 0.3) is 0 Å². The number of nitriles is 1. The monoisotopic (exact) mass is 349 g/mol. The van der Waals surface area contributed by atoms with E-state index in [1.54, 1.807) is 6.92 Å². The molecule has 26 heavy (non-hydrogen) atoms. The van der Waals surface area contributed by atoms with E-state index in [1.165, 1.54) is 37.7 Å². The Bertz CT molecular complexity index is 844. The minimum absolute atomic E-state index is 0.0276. The highest BCUT2D eigenvalue weighted by atomic mass is 16.5. The van der Waals surface area contributed by atoms with Crippen molar-refractivity contribution in [1.29, 1.82) is 5.26 Å². The second-order valence-electron chi connectivity index (χ2n) is 7.61. The van der Waals surface area contributed by atoms with E-state index in [1.807, 2.05) is 23.1 Å². The van der Waals surface area contributed by atoms with Crippen LogP contribution in [0.25, 0.3) is 0 Å². The number of amides is 1. The Labute approximate surface area is 153 Å². The van der Waals surface area contributed by atoms with Crippen molar-refractivity contribution in [2.75, 3.05) is 6.54 Å². The van der Waals surface area contributed by atoms with Gasteiger partial charge in [0.1, 0.15) is 17.3 Å². The molecule has 1 aromatic carbocycles.